The number of benzene rings is 1. The molecule has 0 saturated heterocycles. The van der Waals surface area contributed by atoms with Crippen LogP contribution in [0, 0.1) is 0 Å². The Kier molecular flexibility index (Phi) is 6.70. The fourth-order valence-electron chi connectivity index (χ4n) is 1.60. The summed E-state index contributed by atoms with van der Waals surface area (Å²) in [6.07, 6.45) is -1.58. The maximum Gasteiger partial charge on any atom is 0.514 e. The molecule has 0 bridgehead atoms. The molecule has 1 atom stereocenters. The van der Waals surface area contributed by atoms with E-state index in [1.54, 1.807) is 42.5 Å². The van der Waals surface area contributed by atoms with E-state index in [-0.39, 0.29) is 18.3 Å². The second-order valence-corrected chi connectivity index (χ2v) is 6.40. The van der Waals surface area contributed by atoms with Gasteiger partial charge in [-0.2, -0.15) is 0 Å². The van der Waals surface area contributed by atoms with Gasteiger partial charge in [0.2, 0.25) is 0 Å². The van der Waals surface area contributed by atoms with E-state index in [0.29, 0.717) is 15.0 Å². The molecule has 5 nitrogen and oxygen atoms in total. The van der Waals surface area contributed by atoms with Crippen molar-refractivity contribution in [3.63, 3.8) is 0 Å². The lowest BCUT2D eigenvalue weighted by molar-refractivity contribution is 0.0638. The van der Waals surface area contributed by atoms with E-state index >= 15 is 0 Å². The van der Waals surface area contributed by atoms with Gasteiger partial charge in [0.25, 0.3) is 5.91 Å². The molecule has 0 aliphatic heterocycles. The number of amides is 1. The largest absolute Gasteiger partial charge is 0.514 e. The summed E-state index contributed by atoms with van der Waals surface area (Å²) in [5, 5.41) is 2.63. The molecule has 0 aliphatic rings. The van der Waals surface area contributed by atoms with Gasteiger partial charge >= 0.3 is 6.16 Å². The Morgan fingerprint density at radius 2 is 1.91 bits per heavy atom. The lowest BCUT2D eigenvalue weighted by Gasteiger charge is -2.15. The minimum atomic E-state index is -0.879. The molecule has 0 aliphatic carbocycles. The van der Waals surface area contributed by atoms with Crippen LogP contribution < -0.4 is 10.1 Å². The standard InChI is InChI=1S/C15H13Cl2NO4S/c16-8-11(9-18-14(19)12-6-7-13(17)23-12)22-15(20)21-10-4-2-1-3-5-10/h1-7,11H,8-9H2,(H,18,19)/t11-/m1/s1. The van der Waals surface area contributed by atoms with Crippen LogP contribution in [-0.4, -0.2) is 30.6 Å². The Balaban J connectivity index is 1.80. The summed E-state index contributed by atoms with van der Waals surface area (Å²) in [4.78, 5) is 24.0. The van der Waals surface area contributed by atoms with Gasteiger partial charge in [0.05, 0.1) is 21.6 Å². The minimum absolute atomic E-state index is 0.0232. The molecule has 1 heterocycles. The van der Waals surface area contributed by atoms with Crippen molar-refractivity contribution < 1.29 is 19.1 Å². The molecule has 0 unspecified atom stereocenters. The maximum atomic E-state index is 11.9. The second kappa shape index (κ2) is 8.76. The van der Waals surface area contributed by atoms with E-state index in [4.69, 9.17) is 32.7 Å². The first kappa shape index (κ1) is 17.6. The van der Waals surface area contributed by atoms with Gasteiger partial charge < -0.3 is 14.8 Å². The Hall–Kier alpha value is -1.76. The minimum Gasteiger partial charge on any atom is -0.428 e. The van der Waals surface area contributed by atoms with E-state index in [1.807, 2.05) is 0 Å². The van der Waals surface area contributed by atoms with E-state index < -0.39 is 12.3 Å². The first-order chi connectivity index (χ1) is 11.1. The van der Waals surface area contributed by atoms with E-state index in [9.17, 15) is 9.59 Å². The molecular weight excluding hydrogens is 361 g/mol. The molecule has 1 aromatic carbocycles. The van der Waals surface area contributed by atoms with Crippen molar-refractivity contribution in [3.05, 3.63) is 51.7 Å². The first-order valence-electron chi connectivity index (χ1n) is 6.61. The summed E-state index contributed by atoms with van der Waals surface area (Å²) < 4.78 is 10.6. The van der Waals surface area contributed by atoms with Crippen LogP contribution in [0.4, 0.5) is 4.79 Å². The van der Waals surface area contributed by atoms with Crippen LogP contribution in [0.2, 0.25) is 4.34 Å². The zero-order valence-electron chi connectivity index (χ0n) is 11.8. The number of hydrogen-bond donors (Lipinski definition) is 1. The molecular formula is C15H13Cl2NO4S. The van der Waals surface area contributed by atoms with Crippen LogP contribution >= 0.6 is 34.5 Å². The van der Waals surface area contributed by atoms with Gasteiger partial charge in [-0.05, 0) is 24.3 Å². The number of halogens is 2. The number of carbonyl (C=O) groups excluding carboxylic acids is 2. The zero-order chi connectivity index (χ0) is 16.7. The number of carbonyl (C=O) groups is 2. The van der Waals surface area contributed by atoms with Gasteiger partial charge in [-0.1, -0.05) is 29.8 Å². The first-order valence-corrected chi connectivity index (χ1v) is 8.34. The number of para-hydroxylation sites is 1. The fraction of sp³-hybridized carbons (Fsp3) is 0.200. The average molecular weight is 374 g/mol. The summed E-state index contributed by atoms with van der Waals surface area (Å²) in [6.45, 7) is 0.0712. The highest BCUT2D eigenvalue weighted by atomic mass is 35.5. The number of rotatable bonds is 6. The SMILES string of the molecule is O=C(Oc1ccccc1)O[C@H](CCl)CNC(=O)c1ccc(Cl)s1. The predicted molar refractivity (Wildman–Crippen MR) is 89.7 cm³/mol. The molecule has 0 radical (unpaired) electrons. The van der Waals surface area contributed by atoms with E-state index in [0.717, 1.165) is 11.3 Å². The lowest BCUT2D eigenvalue weighted by Crippen LogP contribution is -2.36. The summed E-state index contributed by atoms with van der Waals surface area (Å²) in [7, 11) is 0. The monoisotopic (exact) mass is 373 g/mol. The Labute approximate surface area is 147 Å². The lowest BCUT2D eigenvalue weighted by atomic mass is 10.3. The smallest absolute Gasteiger partial charge is 0.428 e. The molecule has 2 aromatic rings. The van der Waals surface area contributed by atoms with Gasteiger partial charge in [0.1, 0.15) is 11.9 Å². The van der Waals surface area contributed by atoms with Crippen molar-refractivity contribution >= 4 is 46.6 Å². The Morgan fingerprint density at radius 1 is 1.17 bits per heavy atom. The quantitative estimate of drug-likeness (QED) is 0.472. The number of thiophene rings is 1. The Bertz CT molecular complexity index is 663. The van der Waals surface area contributed by atoms with Crippen LogP contribution in [0.3, 0.4) is 0 Å². The topological polar surface area (TPSA) is 64.6 Å². The van der Waals surface area contributed by atoms with Gasteiger partial charge in [-0.3, -0.25) is 4.79 Å². The zero-order valence-corrected chi connectivity index (χ0v) is 14.2. The van der Waals surface area contributed by atoms with Crippen molar-refractivity contribution in [2.75, 3.05) is 12.4 Å². The molecule has 0 fully saturated rings. The molecule has 1 aromatic heterocycles. The highest BCUT2D eigenvalue weighted by molar-refractivity contribution is 7.17. The Morgan fingerprint density at radius 3 is 2.52 bits per heavy atom. The van der Waals surface area contributed by atoms with Crippen LogP contribution in [0.15, 0.2) is 42.5 Å². The van der Waals surface area contributed by atoms with Crippen LogP contribution in [0.1, 0.15) is 9.67 Å². The maximum absolute atomic E-state index is 11.9. The molecule has 2 rings (SSSR count). The van der Waals surface area contributed by atoms with Crippen molar-refractivity contribution in [1.29, 1.82) is 0 Å². The van der Waals surface area contributed by atoms with Crippen molar-refractivity contribution in [2.45, 2.75) is 6.10 Å². The molecule has 122 valence electrons. The summed E-state index contributed by atoms with van der Waals surface area (Å²) >= 11 is 12.7. The third-order valence-electron chi connectivity index (χ3n) is 2.67. The number of alkyl halides is 1. The molecule has 0 saturated carbocycles. The van der Waals surface area contributed by atoms with Gasteiger partial charge in [-0.25, -0.2) is 4.79 Å². The fourth-order valence-corrected chi connectivity index (χ4v) is 2.73. The third-order valence-corrected chi connectivity index (χ3v) is 4.24. The number of ether oxygens (including phenoxy) is 2. The molecule has 1 amide bonds. The summed E-state index contributed by atoms with van der Waals surface area (Å²) in [5.74, 6) is 0.0789. The molecule has 0 spiro atoms. The number of nitrogens with one attached hydrogen (secondary N) is 1. The van der Waals surface area contributed by atoms with Gasteiger partial charge in [0.15, 0.2) is 0 Å². The van der Waals surface area contributed by atoms with Crippen molar-refractivity contribution in [1.82, 2.24) is 5.32 Å². The highest BCUT2D eigenvalue weighted by Crippen LogP contribution is 2.21. The highest BCUT2D eigenvalue weighted by Gasteiger charge is 2.17. The average Bonchev–Trinajstić information content (AvgIpc) is 2.98. The molecule has 1 N–H and O–H groups in total. The van der Waals surface area contributed by atoms with Crippen molar-refractivity contribution in [2.24, 2.45) is 0 Å². The second-order valence-electron chi connectivity index (χ2n) is 4.37. The normalized spacial score (nSPS) is 11.6. The summed E-state index contributed by atoms with van der Waals surface area (Å²) in [6, 6.07) is 11.8. The van der Waals surface area contributed by atoms with Gasteiger partial charge in [0, 0.05) is 0 Å². The van der Waals surface area contributed by atoms with Crippen LogP contribution in [-0.2, 0) is 4.74 Å². The third kappa shape index (κ3) is 5.74. The van der Waals surface area contributed by atoms with Crippen LogP contribution in [0.5, 0.6) is 5.75 Å². The van der Waals surface area contributed by atoms with E-state index in [1.165, 1.54) is 0 Å². The molecule has 23 heavy (non-hydrogen) atoms. The molecule has 8 heteroatoms. The van der Waals surface area contributed by atoms with Gasteiger partial charge in [-0.15, -0.1) is 22.9 Å². The number of hydrogen-bond acceptors (Lipinski definition) is 5. The van der Waals surface area contributed by atoms with E-state index in [2.05, 4.69) is 5.32 Å². The predicted octanol–water partition coefficient (Wildman–Crippen LogP) is 3.95. The van der Waals surface area contributed by atoms with Crippen molar-refractivity contribution in [3.8, 4) is 5.75 Å². The summed E-state index contributed by atoms with van der Waals surface area (Å²) in [5.41, 5.74) is 0. The van der Waals surface area contributed by atoms with Crippen LogP contribution in [0.25, 0.3) is 0 Å².